The van der Waals surface area contributed by atoms with Gasteiger partial charge in [-0.2, -0.15) is 0 Å². The van der Waals surface area contributed by atoms with Gasteiger partial charge in [-0.15, -0.1) is 0 Å². The van der Waals surface area contributed by atoms with E-state index in [1.54, 1.807) is 42.5 Å². The molecule has 27 heavy (non-hydrogen) atoms. The standard InChI is InChI=1S/C22H18N2O3/c1-13-6-9-17(12-14(13)2)27-16-10-7-15(8-11-16)24-21(25)18-4-3-5-19(23)20(18)22(24)26/h3-12H,23H2,1-2H3. The first-order chi connectivity index (χ1) is 13.0. The Hall–Kier alpha value is -3.60. The molecule has 5 nitrogen and oxygen atoms in total. The summed E-state index contributed by atoms with van der Waals surface area (Å²) in [4.78, 5) is 26.4. The molecule has 1 aliphatic heterocycles. The lowest BCUT2D eigenvalue weighted by atomic mass is 10.1. The van der Waals surface area contributed by atoms with Gasteiger partial charge in [0.25, 0.3) is 11.8 Å². The number of anilines is 2. The Bertz CT molecular complexity index is 1070. The van der Waals surface area contributed by atoms with Crippen molar-refractivity contribution in [3.05, 3.63) is 82.9 Å². The summed E-state index contributed by atoms with van der Waals surface area (Å²) in [5.74, 6) is 0.582. The Morgan fingerprint density at radius 2 is 1.52 bits per heavy atom. The maximum atomic E-state index is 12.7. The lowest BCUT2D eigenvalue weighted by Crippen LogP contribution is -2.29. The van der Waals surface area contributed by atoms with Crippen LogP contribution in [0.15, 0.2) is 60.7 Å². The number of nitrogens with zero attached hydrogens (tertiary/aromatic N) is 1. The molecule has 4 rings (SSSR count). The molecule has 2 amide bonds. The molecule has 0 bridgehead atoms. The van der Waals surface area contributed by atoms with E-state index in [4.69, 9.17) is 10.5 Å². The fourth-order valence-electron chi connectivity index (χ4n) is 3.12. The van der Waals surface area contributed by atoms with E-state index in [2.05, 4.69) is 0 Å². The highest BCUT2D eigenvalue weighted by Crippen LogP contribution is 2.33. The first kappa shape index (κ1) is 16.8. The number of hydrogen-bond donors (Lipinski definition) is 1. The molecule has 3 aromatic carbocycles. The van der Waals surface area contributed by atoms with E-state index in [1.807, 2.05) is 32.0 Å². The van der Waals surface area contributed by atoms with Crippen molar-refractivity contribution in [2.75, 3.05) is 10.6 Å². The van der Waals surface area contributed by atoms with Gasteiger partial charge in [-0.25, -0.2) is 4.90 Å². The molecule has 3 aromatic rings. The number of benzene rings is 3. The molecule has 0 saturated heterocycles. The molecule has 0 saturated carbocycles. The number of amides is 2. The largest absolute Gasteiger partial charge is 0.457 e. The average molecular weight is 358 g/mol. The topological polar surface area (TPSA) is 72.6 Å². The summed E-state index contributed by atoms with van der Waals surface area (Å²) in [5.41, 5.74) is 9.60. The predicted molar refractivity (Wildman–Crippen MR) is 104 cm³/mol. The molecule has 0 aliphatic carbocycles. The van der Waals surface area contributed by atoms with Crippen LogP contribution in [0.5, 0.6) is 11.5 Å². The van der Waals surface area contributed by atoms with E-state index >= 15 is 0 Å². The highest BCUT2D eigenvalue weighted by molar-refractivity contribution is 6.35. The van der Waals surface area contributed by atoms with Crippen LogP contribution in [0.3, 0.4) is 0 Å². The molecule has 0 atom stereocenters. The molecule has 1 heterocycles. The summed E-state index contributed by atoms with van der Waals surface area (Å²) in [5, 5.41) is 0. The second-order valence-corrected chi connectivity index (χ2v) is 6.56. The molecule has 134 valence electrons. The molecule has 0 spiro atoms. The molecule has 0 radical (unpaired) electrons. The average Bonchev–Trinajstić information content (AvgIpc) is 2.91. The minimum absolute atomic E-state index is 0.262. The van der Waals surface area contributed by atoms with Crippen LogP contribution in [0.2, 0.25) is 0 Å². The maximum Gasteiger partial charge on any atom is 0.268 e. The molecule has 0 unspecified atom stereocenters. The third kappa shape index (κ3) is 2.83. The third-order valence-corrected chi connectivity index (χ3v) is 4.76. The van der Waals surface area contributed by atoms with Crippen molar-refractivity contribution >= 4 is 23.2 Å². The van der Waals surface area contributed by atoms with Crippen molar-refractivity contribution in [2.24, 2.45) is 0 Å². The number of nitrogens with two attached hydrogens (primary N) is 1. The first-order valence-electron chi connectivity index (χ1n) is 8.58. The Kier molecular flexibility index (Phi) is 3.92. The minimum Gasteiger partial charge on any atom is -0.457 e. The number of imide groups is 1. The number of hydrogen-bond acceptors (Lipinski definition) is 4. The van der Waals surface area contributed by atoms with Crippen LogP contribution in [0.25, 0.3) is 0 Å². The quantitative estimate of drug-likeness (QED) is 0.553. The zero-order valence-electron chi connectivity index (χ0n) is 15.0. The molecule has 5 heteroatoms. The Balaban J connectivity index is 1.60. The summed E-state index contributed by atoms with van der Waals surface area (Å²) in [6, 6.07) is 17.6. The van der Waals surface area contributed by atoms with Gasteiger partial charge in [0, 0.05) is 5.69 Å². The SMILES string of the molecule is Cc1ccc(Oc2ccc(N3C(=O)c4cccc(N)c4C3=O)cc2)cc1C. The summed E-state index contributed by atoms with van der Waals surface area (Å²) < 4.78 is 5.86. The highest BCUT2D eigenvalue weighted by Gasteiger charge is 2.37. The predicted octanol–water partition coefficient (Wildman–Crippen LogP) is 4.48. The van der Waals surface area contributed by atoms with E-state index in [0.29, 0.717) is 22.7 Å². The van der Waals surface area contributed by atoms with Crippen LogP contribution in [-0.4, -0.2) is 11.8 Å². The number of carbonyl (C=O) groups excluding carboxylic acids is 2. The van der Waals surface area contributed by atoms with Crippen molar-refractivity contribution in [3.63, 3.8) is 0 Å². The molecular formula is C22H18N2O3. The fraction of sp³-hybridized carbons (Fsp3) is 0.0909. The summed E-state index contributed by atoms with van der Waals surface area (Å²) >= 11 is 0. The molecular weight excluding hydrogens is 340 g/mol. The van der Waals surface area contributed by atoms with Gasteiger partial charge < -0.3 is 10.5 Å². The number of carbonyl (C=O) groups is 2. The Morgan fingerprint density at radius 1 is 0.815 bits per heavy atom. The van der Waals surface area contributed by atoms with Crippen LogP contribution >= 0.6 is 0 Å². The van der Waals surface area contributed by atoms with Gasteiger partial charge in [0.2, 0.25) is 0 Å². The van der Waals surface area contributed by atoms with E-state index < -0.39 is 5.91 Å². The van der Waals surface area contributed by atoms with Crippen molar-refractivity contribution in [2.45, 2.75) is 13.8 Å². The van der Waals surface area contributed by atoms with Crippen LogP contribution in [-0.2, 0) is 0 Å². The van der Waals surface area contributed by atoms with Gasteiger partial charge in [-0.05, 0) is 73.5 Å². The number of fused-ring (bicyclic) bond motifs is 1. The zero-order valence-corrected chi connectivity index (χ0v) is 15.0. The summed E-state index contributed by atoms with van der Waals surface area (Å²) in [6.45, 7) is 4.07. The summed E-state index contributed by atoms with van der Waals surface area (Å²) in [6.07, 6.45) is 0. The van der Waals surface area contributed by atoms with Crippen LogP contribution < -0.4 is 15.4 Å². The van der Waals surface area contributed by atoms with Gasteiger partial charge in [-0.3, -0.25) is 9.59 Å². The normalized spacial score (nSPS) is 13.0. The number of ether oxygens (including phenoxy) is 1. The maximum absolute atomic E-state index is 12.7. The lowest BCUT2D eigenvalue weighted by molar-refractivity contribution is 0.0926. The van der Waals surface area contributed by atoms with Crippen LogP contribution in [0.1, 0.15) is 31.8 Å². The van der Waals surface area contributed by atoms with E-state index in [1.165, 1.54) is 5.56 Å². The molecule has 2 N–H and O–H groups in total. The van der Waals surface area contributed by atoms with Crippen LogP contribution in [0, 0.1) is 13.8 Å². The van der Waals surface area contributed by atoms with Gasteiger partial charge in [0.1, 0.15) is 11.5 Å². The smallest absolute Gasteiger partial charge is 0.268 e. The monoisotopic (exact) mass is 358 g/mol. The van der Waals surface area contributed by atoms with E-state index in [9.17, 15) is 9.59 Å². The first-order valence-corrected chi connectivity index (χ1v) is 8.58. The highest BCUT2D eigenvalue weighted by atomic mass is 16.5. The molecule has 0 fully saturated rings. The number of rotatable bonds is 3. The Labute approximate surface area is 157 Å². The van der Waals surface area contributed by atoms with Gasteiger partial charge in [-0.1, -0.05) is 12.1 Å². The van der Waals surface area contributed by atoms with Crippen LogP contribution in [0.4, 0.5) is 11.4 Å². The summed E-state index contributed by atoms with van der Waals surface area (Å²) in [7, 11) is 0. The fourth-order valence-corrected chi connectivity index (χ4v) is 3.12. The molecule has 0 aromatic heterocycles. The number of aryl methyl sites for hydroxylation is 2. The van der Waals surface area contributed by atoms with E-state index in [0.717, 1.165) is 16.2 Å². The second kappa shape index (κ2) is 6.29. The third-order valence-electron chi connectivity index (χ3n) is 4.76. The Morgan fingerprint density at radius 3 is 2.19 bits per heavy atom. The number of nitrogen functional groups attached to an aromatic ring is 1. The van der Waals surface area contributed by atoms with Crippen molar-refractivity contribution in [1.82, 2.24) is 0 Å². The van der Waals surface area contributed by atoms with Crippen molar-refractivity contribution < 1.29 is 14.3 Å². The van der Waals surface area contributed by atoms with Crippen molar-refractivity contribution in [3.8, 4) is 11.5 Å². The molecule has 1 aliphatic rings. The van der Waals surface area contributed by atoms with E-state index in [-0.39, 0.29) is 11.5 Å². The van der Waals surface area contributed by atoms with Gasteiger partial charge in [0.05, 0.1) is 16.8 Å². The van der Waals surface area contributed by atoms with Gasteiger partial charge >= 0.3 is 0 Å². The zero-order chi connectivity index (χ0) is 19.1. The van der Waals surface area contributed by atoms with Crippen molar-refractivity contribution in [1.29, 1.82) is 0 Å². The van der Waals surface area contributed by atoms with Gasteiger partial charge in [0.15, 0.2) is 0 Å². The minimum atomic E-state index is -0.407. The second-order valence-electron chi connectivity index (χ2n) is 6.56. The lowest BCUT2D eigenvalue weighted by Gasteiger charge is -2.15.